The number of aromatic nitrogens is 3. The van der Waals surface area contributed by atoms with E-state index in [2.05, 4.69) is 21.4 Å². The normalized spacial score (nSPS) is 13.4. The molecule has 0 aliphatic heterocycles. The van der Waals surface area contributed by atoms with E-state index < -0.39 is 0 Å². The fraction of sp³-hybridized carbons (Fsp3) is 0.286. The van der Waals surface area contributed by atoms with E-state index in [1.54, 1.807) is 6.33 Å². The summed E-state index contributed by atoms with van der Waals surface area (Å²) >= 11 is 0. The van der Waals surface area contributed by atoms with Crippen LogP contribution in [0, 0.1) is 6.92 Å². The minimum absolute atomic E-state index is 0.0129. The number of carbonyl (C=O) groups excluding carboxylic acids is 1. The third-order valence-corrected chi connectivity index (χ3v) is 4.79. The number of hydrogen-bond donors (Lipinski definition) is 1. The highest BCUT2D eigenvalue weighted by molar-refractivity contribution is 5.96. The van der Waals surface area contributed by atoms with Gasteiger partial charge in [0.2, 0.25) is 0 Å². The van der Waals surface area contributed by atoms with Crippen molar-refractivity contribution in [3.05, 3.63) is 60.3 Å². The van der Waals surface area contributed by atoms with Crippen LogP contribution in [0.2, 0.25) is 0 Å². The number of amides is 1. The quantitative estimate of drug-likeness (QED) is 0.758. The molecule has 0 saturated heterocycles. The first-order valence-electron chi connectivity index (χ1n) is 9.10. The molecular weight excluding hydrogens is 338 g/mol. The Bertz CT molecular complexity index is 988. The van der Waals surface area contributed by atoms with Gasteiger partial charge >= 0.3 is 0 Å². The monoisotopic (exact) mass is 361 g/mol. The number of pyridine rings is 1. The molecule has 1 fully saturated rings. The molecule has 2 aromatic heterocycles. The number of benzene rings is 1. The zero-order valence-electron chi connectivity index (χ0n) is 15.8. The lowest BCUT2D eigenvalue weighted by Crippen LogP contribution is -2.25. The van der Waals surface area contributed by atoms with Gasteiger partial charge in [0.15, 0.2) is 0 Å². The minimum atomic E-state index is -0.0129. The summed E-state index contributed by atoms with van der Waals surface area (Å²) in [4.78, 5) is 23.3. The molecule has 1 aliphatic carbocycles. The average molecular weight is 361 g/mol. The Labute approximate surface area is 158 Å². The minimum Gasteiger partial charge on any atom is -0.376 e. The molecule has 6 nitrogen and oxygen atoms in total. The number of hydrogen-bond acceptors (Lipinski definition) is 4. The maximum Gasteiger partial charge on any atom is 0.251 e. The highest BCUT2D eigenvalue weighted by Crippen LogP contribution is 2.26. The topological polar surface area (TPSA) is 63.1 Å². The van der Waals surface area contributed by atoms with Crippen molar-refractivity contribution in [3.8, 4) is 16.9 Å². The van der Waals surface area contributed by atoms with E-state index in [1.807, 2.05) is 67.3 Å². The van der Waals surface area contributed by atoms with Crippen molar-refractivity contribution < 1.29 is 4.79 Å². The summed E-state index contributed by atoms with van der Waals surface area (Å²) in [6.45, 7) is 2.03. The Morgan fingerprint density at radius 2 is 2.04 bits per heavy atom. The Morgan fingerprint density at radius 3 is 2.78 bits per heavy atom. The Balaban J connectivity index is 1.64. The molecule has 138 valence electrons. The van der Waals surface area contributed by atoms with Crippen molar-refractivity contribution in [2.75, 3.05) is 19.0 Å². The molecule has 1 saturated carbocycles. The van der Waals surface area contributed by atoms with Crippen LogP contribution in [-0.4, -0.2) is 40.6 Å². The second-order valence-electron chi connectivity index (χ2n) is 7.24. The van der Waals surface area contributed by atoms with Crippen LogP contribution in [0.15, 0.2) is 49.2 Å². The van der Waals surface area contributed by atoms with Gasteiger partial charge in [-0.05, 0) is 43.5 Å². The fourth-order valence-corrected chi connectivity index (χ4v) is 2.94. The molecule has 27 heavy (non-hydrogen) atoms. The first-order valence-corrected chi connectivity index (χ1v) is 9.10. The molecule has 6 heteroatoms. The SMILES string of the molecule is Cc1ccc(C(=O)NC2CC2)cc1-c1cn(-c2cncc(N(C)C)c2)cn1. The van der Waals surface area contributed by atoms with Gasteiger partial charge in [0.25, 0.3) is 5.91 Å². The van der Waals surface area contributed by atoms with E-state index in [4.69, 9.17) is 0 Å². The summed E-state index contributed by atoms with van der Waals surface area (Å²) in [5.41, 5.74) is 5.53. The molecule has 1 aromatic carbocycles. The zero-order valence-corrected chi connectivity index (χ0v) is 15.8. The lowest BCUT2D eigenvalue weighted by atomic mass is 10.0. The molecular formula is C21H23N5O. The molecule has 3 aromatic rings. The predicted octanol–water partition coefficient (Wildman–Crippen LogP) is 3.20. The summed E-state index contributed by atoms with van der Waals surface area (Å²) in [5.74, 6) is -0.0129. The molecule has 1 aliphatic rings. The van der Waals surface area contributed by atoms with Gasteiger partial charge in [0, 0.05) is 37.5 Å². The van der Waals surface area contributed by atoms with E-state index >= 15 is 0 Å². The van der Waals surface area contributed by atoms with Crippen molar-refractivity contribution >= 4 is 11.6 Å². The van der Waals surface area contributed by atoms with E-state index in [0.717, 1.165) is 41.0 Å². The van der Waals surface area contributed by atoms with Crippen molar-refractivity contribution in [1.29, 1.82) is 0 Å². The van der Waals surface area contributed by atoms with E-state index in [9.17, 15) is 4.79 Å². The maximum atomic E-state index is 12.4. The highest BCUT2D eigenvalue weighted by atomic mass is 16.1. The van der Waals surface area contributed by atoms with E-state index in [-0.39, 0.29) is 5.91 Å². The van der Waals surface area contributed by atoms with Gasteiger partial charge in [-0.3, -0.25) is 9.78 Å². The van der Waals surface area contributed by atoms with Gasteiger partial charge < -0.3 is 14.8 Å². The van der Waals surface area contributed by atoms with Crippen LogP contribution >= 0.6 is 0 Å². The Kier molecular flexibility index (Phi) is 4.39. The van der Waals surface area contributed by atoms with Gasteiger partial charge in [0.1, 0.15) is 0 Å². The van der Waals surface area contributed by atoms with Crippen LogP contribution < -0.4 is 10.2 Å². The van der Waals surface area contributed by atoms with Gasteiger partial charge in [-0.25, -0.2) is 4.98 Å². The Hall–Kier alpha value is -3.15. The van der Waals surface area contributed by atoms with Crippen molar-refractivity contribution in [3.63, 3.8) is 0 Å². The third kappa shape index (κ3) is 3.69. The number of nitrogens with one attached hydrogen (secondary N) is 1. The second-order valence-corrected chi connectivity index (χ2v) is 7.24. The van der Waals surface area contributed by atoms with Crippen LogP contribution in [0.5, 0.6) is 0 Å². The molecule has 0 atom stereocenters. The van der Waals surface area contributed by atoms with Crippen LogP contribution in [0.1, 0.15) is 28.8 Å². The van der Waals surface area contributed by atoms with Crippen LogP contribution in [0.3, 0.4) is 0 Å². The lowest BCUT2D eigenvalue weighted by molar-refractivity contribution is 0.0951. The number of rotatable bonds is 5. The van der Waals surface area contributed by atoms with Gasteiger partial charge in [-0.15, -0.1) is 0 Å². The largest absolute Gasteiger partial charge is 0.376 e. The number of anilines is 1. The third-order valence-electron chi connectivity index (χ3n) is 4.79. The highest BCUT2D eigenvalue weighted by Gasteiger charge is 2.24. The van der Waals surface area contributed by atoms with Gasteiger partial charge in [-0.2, -0.15) is 0 Å². The van der Waals surface area contributed by atoms with Crippen LogP contribution in [0.4, 0.5) is 5.69 Å². The lowest BCUT2D eigenvalue weighted by Gasteiger charge is -2.13. The maximum absolute atomic E-state index is 12.4. The van der Waals surface area contributed by atoms with Crippen LogP contribution in [-0.2, 0) is 0 Å². The molecule has 0 bridgehead atoms. The summed E-state index contributed by atoms with van der Waals surface area (Å²) in [6, 6.07) is 8.18. The average Bonchev–Trinajstić information content (AvgIpc) is 3.34. The van der Waals surface area contributed by atoms with Crippen molar-refractivity contribution in [1.82, 2.24) is 19.9 Å². The smallest absolute Gasteiger partial charge is 0.251 e. The summed E-state index contributed by atoms with van der Waals surface area (Å²) < 4.78 is 1.95. The molecule has 1 N–H and O–H groups in total. The number of aryl methyl sites for hydroxylation is 1. The predicted molar refractivity (Wildman–Crippen MR) is 106 cm³/mol. The van der Waals surface area contributed by atoms with Gasteiger partial charge in [-0.1, -0.05) is 6.07 Å². The summed E-state index contributed by atoms with van der Waals surface area (Å²) in [6.07, 6.45) is 9.55. The molecule has 2 heterocycles. The number of nitrogens with zero attached hydrogens (tertiary/aromatic N) is 4. The standard InChI is InChI=1S/C21H23N5O/c1-14-4-5-15(21(27)24-16-6-7-16)8-19(14)20-12-26(13-23-20)18-9-17(25(2)3)10-22-11-18/h4-5,8-13,16H,6-7H2,1-3H3,(H,24,27). The van der Waals surface area contributed by atoms with Crippen molar-refractivity contribution in [2.45, 2.75) is 25.8 Å². The first-order chi connectivity index (χ1) is 13.0. The Morgan fingerprint density at radius 1 is 1.22 bits per heavy atom. The molecule has 0 radical (unpaired) electrons. The van der Waals surface area contributed by atoms with Crippen molar-refractivity contribution in [2.24, 2.45) is 0 Å². The fourth-order valence-electron chi connectivity index (χ4n) is 2.94. The van der Waals surface area contributed by atoms with E-state index in [1.165, 1.54) is 0 Å². The van der Waals surface area contributed by atoms with Crippen LogP contribution in [0.25, 0.3) is 16.9 Å². The second kappa shape index (κ2) is 6.87. The number of imidazole rings is 1. The first kappa shape index (κ1) is 17.3. The summed E-state index contributed by atoms with van der Waals surface area (Å²) in [5, 5.41) is 3.04. The molecule has 0 spiro atoms. The molecule has 4 rings (SSSR count). The molecule has 0 unspecified atom stereocenters. The molecule has 1 amide bonds. The van der Waals surface area contributed by atoms with E-state index in [0.29, 0.717) is 11.6 Å². The zero-order chi connectivity index (χ0) is 19.0. The summed E-state index contributed by atoms with van der Waals surface area (Å²) in [7, 11) is 3.98. The van der Waals surface area contributed by atoms with Gasteiger partial charge in [0.05, 0.1) is 35.8 Å². The number of carbonyl (C=O) groups is 1.